The molecule has 0 aromatic heterocycles. The van der Waals surface area contributed by atoms with Crippen molar-refractivity contribution in [1.82, 2.24) is 5.32 Å². The first-order valence-electron chi connectivity index (χ1n) is 10.0. The minimum atomic E-state index is -4.77. The molecule has 0 fully saturated rings. The van der Waals surface area contributed by atoms with Crippen molar-refractivity contribution in [2.75, 3.05) is 0 Å². The van der Waals surface area contributed by atoms with Crippen LogP contribution >= 0.6 is 23.2 Å². The van der Waals surface area contributed by atoms with Gasteiger partial charge in [0.25, 0.3) is 5.60 Å². The Kier molecular flexibility index (Phi) is 6.72. The van der Waals surface area contributed by atoms with Crippen molar-refractivity contribution >= 4 is 35.0 Å². The fraction of sp³-hybridized carbons (Fsp3) is 0.167. The third-order valence-corrected chi connectivity index (χ3v) is 5.63. The zero-order valence-corrected chi connectivity index (χ0v) is 18.9. The van der Waals surface area contributed by atoms with E-state index in [1.165, 1.54) is 18.2 Å². The first-order valence-corrected chi connectivity index (χ1v) is 10.8. The van der Waals surface area contributed by atoms with E-state index in [1.54, 1.807) is 54.6 Å². The summed E-state index contributed by atoms with van der Waals surface area (Å²) in [7, 11) is 0. The van der Waals surface area contributed by atoms with Gasteiger partial charge in [-0.2, -0.15) is 13.2 Å². The Morgan fingerprint density at radius 3 is 2.29 bits per heavy atom. The van der Waals surface area contributed by atoms with E-state index in [2.05, 4.69) is 10.5 Å². The number of amides is 1. The molecule has 1 unspecified atom stereocenters. The van der Waals surface area contributed by atoms with Gasteiger partial charge in [-0.05, 0) is 41.5 Å². The first kappa shape index (κ1) is 23.9. The van der Waals surface area contributed by atoms with Crippen LogP contribution in [0.4, 0.5) is 18.0 Å². The number of ether oxygens (including phenoxy) is 1. The molecule has 0 bridgehead atoms. The van der Waals surface area contributed by atoms with Gasteiger partial charge in [0.1, 0.15) is 5.75 Å². The van der Waals surface area contributed by atoms with Gasteiger partial charge in [-0.25, -0.2) is 4.79 Å². The Balaban J connectivity index is 1.44. The van der Waals surface area contributed by atoms with E-state index >= 15 is 0 Å². The van der Waals surface area contributed by atoms with Crippen molar-refractivity contribution < 1.29 is 27.5 Å². The van der Waals surface area contributed by atoms with Gasteiger partial charge < -0.3 is 14.9 Å². The number of para-hydroxylation sites is 1. The molecule has 1 N–H and O–H groups in total. The van der Waals surface area contributed by atoms with Crippen molar-refractivity contribution in [2.24, 2.45) is 5.16 Å². The highest BCUT2D eigenvalue weighted by Crippen LogP contribution is 2.49. The molecule has 1 amide bonds. The van der Waals surface area contributed by atoms with Crippen LogP contribution in [-0.2, 0) is 17.0 Å². The van der Waals surface area contributed by atoms with Crippen LogP contribution in [0.2, 0.25) is 10.0 Å². The minimum Gasteiger partial charge on any atom is -0.410 e. The van der Waals surface area contributed by atoms with E-state index in [0.717, 1.165) is 5.56 Å². The number of nitrogens with zero attached hydrogens (tertiary/aromatic N) is 1. The third-order valence-electron chi connectivity index (χ3n) is 5.19. The SMILES string of the molecule is O=C(NCc1ccc(C2=NOC(c3cc(Cl)cc(Cl)c3)(C(F)(F)F)C2)cc1)Oc1ccccc1. The molecule has 0 spiro atoms. The summed E-state index contributed by atoms with van der Waals surface area (Å²) in [5.74, 6) is 0.406. The molecule has 4 rings (SSSR count). The molecule has 1 aliphatic heterocycles. The maximum Gasteiger partial charge on any atom is 0.435 e. The number of benzene rings is 3. The number of carbonyl (C=O) groups is 1. The summed E-state index contributed by atoms with van der Waals surface area (Å²) < 4.78 is 47.5. The molecule has 0 radical (unpaired) electrons. The molecular weight excluding hydrogens is 492 g/mol. The summed E-state index contributed by atoms with van der Waals surface area (Å²) >= 11 is 11.9. The molecule has 0 saturated heterocycles. The van der Waals surface area contributed by atoms with Crippen LogP contribution in [0, 0.1) is 0 Å². The summed E-state index contributed by atoms with van der Waals surface area (Å²) in [6.07, 6.45) is -5.94. The van der Waals surface area contributed by atoms with Gasteiger partial charge >= 0.3 is 12.3 Å². The zero-order valence-electron chi connectivity index (χ0n) is 17.4. The highest BCUT2D eigenvalue weighted by molar-refractivity contribution is 6.34. The molecule has 1 aliphatic rings. The Bertz CT molecular complexity index is 1200. The quantitative estimate of drug-likeness (QED) is 0.409. The fourth-order valence-electron chi connectivity index (χ4n) is 3.47. The standard InChI is InChI=1S/C24H17Cl2F3N2O3/c25-18-10-17(11-19(26)12-18)23(24(27,28)29)13-21(31-34-23)16-8-6-15(7-9-16)14-30-22(32)33-20-4-2-1-3-5-20/h1-12H,13-14H2,(H,30,32). The van der Waals surface area contributed by atoms with E-state index in [9.17, 15) is 18.0 Å². The van der Waals surface area contributed by atoms with Crippen LogP contribution in [0.3, 0.4) is 0 Å². The van der Waals surface area contributed by atoms with Crippen LogP contribution in [0.1, 0.15) is 23.1 Å². The van der Waals surface area contributed by atoms with Gasteiger partial charge in [0.15, 0.2) is 0 Å². The molecule has 176 valence electrons. The van der Waals surface area contributed by atoms with Crippen molar-refractivity contribution in [3.05, 3.63) is 99.5 Å². The fourth-order valence-corrected chi connectivity index (χ4v) is 3.99. The Morgan fingerprint density at radius 2 is 1.68 bits per heavy atom. The number of rotatable bonds is 5. The summed E-state index contributed by atoms with van der Waals surface area (Å²) in [6.45, 7) is 0.169. The normalized spacial score (nSPS) is 17.6. The molecule has 0 saturated carbocycles. The molecular formula is C24H17Cl2F3N2O3. The zero-order chi connectivity index (χ0) is 24.3. The molecule has 3 aromatic carbocycles. The predicted molar refractivity (Wildman–Crippen MR) is 122 cm³/mol. The average molecular weight is 509 g/mol. The van der Waals surface area contributed by atoms with Crippen molar-refractivity contribution in [2.45, 2.75) is 24.7 Å². The van der Waals surface area contributed by atoms with E-state index in [1.807, 2.05) is 0 Å². The largest absolute Gasteiger partial charge is 0.435 e. The maximum absolute atomic E-state index is 14.1. The average Bonchev–Trinajstić information content (AvgIpc) is 3.25. The van der Waals surface area contributed by atoms with Gasteiger partial charge in [0.05, 0.1) is 5.71 Å². The van der Waals surface area contributed by atoms with Gasteiger partial charge in [0, 0.05) is 28.6 Å². The highest BCUT2D eigenvalue weighted by atomic mass is 35.5. The summed E-state index contributed by atoms with van der Waals surface area (Å²) in [5.41, 5.74) is -1.63. The van der Waals surface area contributed by atoms with E-state index < -0.39 is 24.3 Å². The number of hydrogen-bond acceptors (Lipinski definition) is 4. The van der Waals surface area contributed by atoms with Crippen LogP contribution in [0.25, 0.3) is 0 Å². The van der Waals surface area contributed by atoms with Crippen molar-refractivity contribution in [3.8, 4) is 5.75 Å². The highest BCUT2D eigenvalue weighted by Gasteiger charge is 2.62. The number of nitrogens with one attached hydrogen (secondary N) is 1. The Labute approximate surface area is 203 Å². The number of carbonyl (C=O) groups excluding carboxylic acids is 1. The van der Waals surface area contributed by atoms with Gasteiger partial charge in [-0.15, -0.1) is 0 Å². The lowest BCUT2D eigenvalue weighted by molar-refractivity contribution is -0.275. The maximum atomic E-state index is 14.1. The van der Waals surface area contributed by atoms with Gasteiger partial charge in [-0.3, -0.25) is 0 Å². The molecule has 1 atom stereocenters. The predicted octanol–water partition coefficient (Wildman–Crippen LogP) is 6.86. The van der Waals surface area contributed by atoms with Gasteiger partial charge in [-0.1, -0.05) is 70.8 Å². The van der Waals surface area contributed by atoms with Crippen molar-refractivity contribution in [3.63, 3.8) is 0 Å². The van der Waals surface area contributed by atoms with Crippen molar-refractivity contribution in [1.29, 1.82) is 0 Å². The monoisotopic (exact) mass is 508 g/mol. The third kappa shape index (κ3) is 5.13. The minimum absolute atomic E-state index is 0.0609. The second-order valence-electron chi connectivity index (χ2n) is 7.54. The van der Waals surface area contributed by atoms with Gasteiger partial charge in [0.2, 0.25) is 0 Å². The molecule has 34 heavy (non-hydrogen) atoms. The molecule has 0 aliphatic carbocycles. The number of alkyl halides is 3. The molecule has 5 nitrogen and oxygen atoms in total. The molecule has 1 heterocycles. The van der Waals surface area contributed by atoms with Crippen LogP contribution in [-0.4, -0.2) is 18.0 Å². The van der Waals surface area contributed by atoms with Crippen LogP contribution in [0.15, 0.2) is 78.0 Å². The Hall–Kier alpha value is -3.23. The van der Waals surface area contributed by atoms with Crippen LogP contribution < -0.4 is 10.1 Å². The summed E-state index contributed by atoms with van der Waals surface area (Å²) in [5, 5.41) is 6.47. The Morgan fingerprint density at radius 1 is 1.03 bits per heavy atom. The van der Waals surface area contributed by atoms with Crippen LogP contribution in [0.5, 0.6) is 5.75 Å². The van der Waals surface area contributed by atoms with E-state index in [0.29, 0.717) is 11.3 Å². The number of oxime groups is 1. The lowest BCUT2D eigenvalue weighted by Gasteiger charge is -2.29. The molecule has 3 aromatic rings. The topological polar surface area (TPSA) is 59.9 Å². The second-order valence-corrected chi connectivity index (χ2v) is 8.41. The van der Waals surface area contributed by atoms with E-state index in [4.69, 9.17) is 32.8 Å². The summed E-state index contributed by atoms with van der Waals surface area (Å²) in [4.78, 5) is 16.9. The second kappa shape index (κ2) is 9.56. The summed E-state index contributed by atoms with van der Waals surface area (Å²) in [6, 6.07) is 18.8. The number of hydrogen-bond donors (Lipinski definition) is 1. The lowest BCUT2D eigenvalue weighted by atomic mass is 9.86. The van der Waals surface area contributed by atoms with E-state index in [-0.39, 0.29) is 27.9 Å². The lowest BCUT2D eigenvalue weighted by Crippen LogP contribution is -2.42. The smallest absolute Gasteiger partial charge is 0.410 e. The first-order chi connectivity index (χ1) is 16.2. The molecule has 10 heteroatoms. The number of halogens is 5.